The molecule has 3 aromatic rings. The Balaban J connectivity index is 2.25. The molecule has 86 valence electrons. The van der Waals surface area contributed by atoms with Crippen LogP contribution in [-0.4, -0.2) is 20.2 Å². The second kappa shape index (κ2) is 3.82. The first-order valence-corrected chi connectivity index (χ1v) is 5.24. The van der Waals surface area contributed by atoms with Crippen molar-refractivity contribution >= 4 is 16.9 Å². The third-order valence-corrected chi connectivity index (χ3v) is 2.64. The van der Waals surface area contributed by atoms with Gasteiger partial charge in [-0.3, -0.25) is 5.10 Å². The molecular formula is C12H8N6. The number of rotatable bonds is 1. The molecule has 0 radical (unpaired) electrons. The van der Waals surface area contributed by atoms with Crippen LogP contribution in [0.2, 0.25) is 0 Å². The standard InChI is InChI=1S/C12H8N6/c13-4-9-5-15-12(14)17-11(9)7-1-2-10-8(3-7)6-16-18-10/h1-3,5-6H,(H,16,18)(H2,14,15,17). The van der Waals surface area contributed by atoms with Crippen molar-refractivity contribution < 1.29 is 0 Å². The van der Waals surface area contributed by atoms with Gasteiger partial charge in [0.2, 0.25) is 5.95 Å². The van der Waals surface area contributed by atoms with Gasteiger partial charge in [-0.2, -0.15) is 10.4 Å². The first kappa shape index (κ1) is 10.2. The SMILES string of the molecule is N#Cc1cnc(N)nc1-c1ccc2[nH]ncc2c1. The van der Waals surface area contributed by atoms with E-state index in [1.54, 1.807) is 6.20 Å². The van der Waals surface area contributed by atoms with Crippen molar-refractivity contribution in [3.8, 4) is 17.3 Å². The number of hydrogen-bond donors (Lipinski definition) is 2. The zero-order valence-corrected chi connectivity index (χ0v) is 9.25. The molecule has 0 aliphatic rings. The Morgan fingerprint density at radius 3 is 3.00 bits per heavy atom. The summed E-state index contributed by atoms with van der Waals surface area (Å²) in [5, 5.41) is 16.8. The van der Waals surface area contributed by atoms with Crippen LogP contribution in [0.1, 0.15) is 5.56 Å². The van der Waals surface area contributed by atoms with Crippen molar-refractivity contribution in [2.45, 2.75) is 0 Å². The molecule has 0 unspecified atom stereocenters. The van der Waals surface area contributed by atoms with Crippen LogP contribution in [0.15, 0.2) is 30.6 Å². The smallest absolute Gasteiger partial charge is 0.220 e. The summed E-state index contributed by atoms with van der Waals surface area (Å²) in [6.45, 7) is 0. The maximum atomic E-state index is 9.05. The fourth-order valence-corrected chi connectivity index (χ4v) is 1.79. The van der Waals surface area contributed by atoms with Crippen molar-refractivity contribution in [1.29, 1.82) is 5.26 Å². The molecule has 2 aromatic heterocycles. The Hall–Kier alpha value is -2.94. The Bertz CT molecular complexity index is 768. The summed E-state index contributed by atoms with van der Waals surface area (Å²) in [6.07, 6.45) is 3.15. The number of aromatic nitrogens is 4. The molecule has 3 N–H and O–H groups in total. The monoisotopic (exact) mass is 236 g/mol. The molecule has 0 aliphatic carbocycles. The summed E-state index contributed by atoms with van der Waals surface area (Å²) in [5.41, 5.74) is 8.24. The second-order valence-corrected chi connectivity index (χ2v) is 3.77. The van der Waals surface area contributed by atoms with E-state index in [-0.39, 0.29) is 5.95 Å². The van der Waals surface area contributed by atoms with Gasteiger partial charge in [0.05, 0.1) is 29.2 Å². The van der Waals surface area contributed by atoms with Gasteiger partial charge in [0.25, 0.3) is 0 Å². The van der Waals surface area contributed by atoms with E-state index in [4.69, 9.17) is 11.0 Å². The summed E-state index contributed by atoms with van der Waals surface area (Å²) < 4.78 is 0. The van der Waals surface area contributed by atoms with Crippen LogP contribution in [0.25, 0.3) is 22.2 Å². The van der Waals surface area contributed by atoms with E-state index in [1.807, 2.05) is 18.2 Å². The van der Waals surface area contributed by atoms with E-state index in [9.17, 15) is 0 Å². The molecule has 0 saturated carbocycles. The van der Waals surface area contributed by atoms with Crippen molar-refractivity contribution in [3.63, 3.8) is 0 Å². The van der Waals surface area contributed by atoms with Crippen LogP contribution in [0.5, 0.6) is 0 Å². The summed E-state index contributed by atoms with van der Waals surface area (Å²) in [6, 6.07) is 7.71. The van der Waals surface area contributed by atoms with E-state index < -0.39 is 0 Å². The average Bonchev–Trinajstić information content (AvgIpc) is 2.85. The molecule has 0 spiro atoms. The predicted octanol–water partition coefficient (Wildman–Crippen LogP) is 1.47. The molecular weight excluding hydrogens is 228 g/mol. The fraction of sp³-hybridized carbons (Fsp3) is 0. The van der Waals surface area contributed by atoms with Crippen molar-refractivity contribution in [3.05, 3.63) is 36.2 Å². The quantitative estimate of drug-likeness (QED) is 0.665. The van der Waals surface area contributed by atoms with E-state index in [2.05, 4.69) is 26.2 Å². The van der Waals surface area contributed by atoms with E-state index in [0.29, 0.717) is 11.3 Å². The number of anilines is 1. The van der Waals surface area contributed by atoms with Crippen molar-refractivity contribution in [2.75, 3.05) is 5.73 Å². The summed E-state index contributed by atoms with van der Waals surface area (Å²) in [5.74, 6) is 0.149. The molecule has 2 heterocycles. The number of nitrogens with zero attached hydrogens (tertiary/aromatic N) is 4. The number of nitrogen functional groups attached to an aromatic ring is 1. The van der Waals surface area contributed by atoms with Crippen LogP contribution < -0.4 is 5.73 Å². The molecule has 1 aromatic carbocycles. The predicted molar refractivity (Wildman–Crippen MR) is 66.2 cm³/mol. The van der Waals surface area contributed by atoms with Gasteiger partial charge in [0.15, 0.2) is 0 Å². The summed E-state index contributed by atoms with van der Waals surface area (Å²) >= 11 is 0. The zero-order valence-electron chi connectivity index (χ0n) is 9.25. The minimum Gasteiger partial charge on any atom is -0.368 e. The van der Waals surface area contributed by atoms with Crippen LogP contribution in [0.3, 0.4) is 0 Å². The minimum absolute atomic E-state index is 0.149. The van der Waals surface area contributed by atoms with Gasteiger partial charge < -0.3 is 5.73 Å². The molecule has 0 saturated heterocycles. The van der Waals surface area contributed by atoms with Gasteiger partial charge in [-0.05, 0) is 12.1 Å². The normalized spacial score (nSPS) is 10.4. The Morgan fingerprint density at radius 2 is 2.17 bits per heavy atom. The number of nitrogens with two attached hydrogens (primary N) is 1. The summed E-state index contributed by atoms with van der Waals surface area (Å²) in [4.78, 5) is 7.93. The average molecular weight is 236 g/mol. The van der Waals surface area contributed by atoms with E-state index in [1.165, 1.54) is 6.20 Å². The van der Waals surface area contributed by atoms with Crippen LogP contribution in [0.4, 0.5) is 5.95 Å². The van der Waals surface area contributed by atoms with E-state index >= 15 is 0 Å². The lowest BCUT2D eigenvalue weighted by Crippen LogP contribution is -1.98. The molecule has 0 fully saturated rings. The number of aromatic amines is 1. The number of fused-ring (bicyclic) bond motifs is 1. The van der Waals surface area contributed by atoms with Gasteiger partial charge in [-0.15, -0.1) is 0 Å². The van der Waals surface area contributed by atoms with Crippen LogP contribution in [0, 0.1) is 11.3 Å². The number of H-pyrrole nitrogens is 1. The fourth-order valence-electron chi connectivity index (χ4n) is 1.79. The first-order chi connectivity index (χ1) is 8.78. The van der Waals surface area contributed by atoms with Crippen LogP contribution >= 0.6 is 0 Å². The Morgan fingerprint density at radius 1 is 1.28 bits per heavy atom. The molecule has 6 heteroatoms. The maximum Gasteiger partial charge on any atom is 0.220 e. The molecule has 0 aliphatic heterocycles. The zero-order chi connectivity index (χ0) is 12.5. The lowest BCUT2D eigenvalue weighted by atomic mass is 10.1. The van der Waals surface area contributed by atoms with Crippen molar-refractivity contribution in [1.82, 2.24) is 20.2 Å². The highest BCUT2D eigenvalue weighted by atomic mass is 15.1. The minimum atomic E-state index is 0.149. The van der Waals surface area contributed by atoms with Gasteiger partial charge in [-0.1, -0.05) is 6.07 Å². The van der Waals surface area contributed by atoms with Gasteiger partial charge in [-0.25, -0.2) is 9.97 Å². The Kier molecular flexibility index (Phi) is 2.17. The summed E-state index contributed by atoms with van der Waals surface area (Å²) in [7, 11) is 0. The molecule has 0 bridgehead atoms. The lowest BCUT2D eigenvalue weighted by molar-refractivity contribution is 1.12. The molecule has 6 nitrogen and oxygen atoms in total. The topological polar surface area (TPSA) is 104 Å². The second-order valence-electron chi connectivity index (χ2n) is 3.77. The van der Waals surface area contributed by atoms with Gasteiger partial charge >= 0.3 is 0 Å². The van der Waals surface area contributed by atoms with Gasteiger partial charge in [0, 0.05) is 10.9 Å². The third kappa shape index (κ3) is 1.55. The Labute approximate surface area is 102 Å². The highest BCUT2D eigenvalue weighted by Crippen LogP contribution is 2.24. The molecule has 0 amide bonds. The van der Waals surface area contributed by atoms with Crippen LogP contribution in [-0.2, 0) is 0 Å². The number of hydrogen-bond acceptors (Lipinski definition) is 5. The van der Waals surface area contributed by atoms with E-state index in [0.717, 1.165) is 16.5 Å². The number of nitrogens with one attached hydrogen (secondary N) is 1. The molecule has 18 heavy (non-hydrogen) atoms. The van der Waals surface area contributed by atoms with Crippen molar-refractivity contribution in [2.24, 2.45) is 0 Å². The lowest BCUT2D eigenvalue weighted by Gasteiger charge is -2.03. The maximum absolute atomic E-state index is 9.05. The molecule has 0 atom stereocenters. The highest BCUT2D eigenvalue weighted by molar-refractivity contribution is 5.84. The largest absolute Gasteiger partial charge is 0.368 e. The highest BCUT2D eigenvalue weighted by Gasteiger charge is 2.09. The third-order valence-electron chi connectivity index (χ3n) is 2.64. The van der Waals surface area contributed by atoms with Gasteiger partial charge in [0.1, 0.15) is 6.07 Å². The number of nitriles is 1. The molecule has 3 rings (SSSR count). The number of benzene rings is 1. The first-order valence-electron chi connectivity index (χ1n) is 5.24.